The molecule has 0 amide bonds. The summed E-state index contributed by atoms with van der Waals surface area (Å²) in [4.78, 5) is 41.5. The number of rotatable bonds is 7. The molecule has 1 saturated carbocycles. The summed E-state index contributed by atoms with van der Waals surface area (Å²) in [5.41, 5.74) is 6.25. The molecule has 4 aromatic rings. The minimum Gasteiger partial charge on any atom is -0.497 e. The number of esters is 2. The topological polar surface area (TPSA) is 129 Å². The number of methoxy groups -OCH3 is 4. The molecule has 3 saturated heterocycles. The summed E-state index contributed by atoms with van der Waals surface area (Å²) in [5, 5.41) is 13.7. The van der Waals surface area contributed by atoms with Crippen molar-refractivity contribution in [3.63, 3.8) is 0 Å². The van der Waals surface area contributed by atoms with Gasteiger partial charge in [0.2, 0.25) is 0 Å². The van der Waals surface area contributed by atoms with E-state index < -0.39 is 16.8 Å². The number of fused-ring (bicyclic) bond motifs is 9. The maximum absolute atomic E-state index is 14.5. The lowest BCUT2D eigenvalue weighted by atomic mass is 9.56. The molecular weight excluding hydrogens is 709 g/mol. The zero-order chi connectivity index (χ0) is 39.3. The van der Waals surface area contributed by atoms with Gasteiger partial charge in [0, 0.05) is 76.8 Å². The van der Waals surface area contributed by atoms with E-state index >= 15 is 0 Å². The molecule has 11 heteroatoms. The van der Waals surface area contributed by atoms with Crippen LogP contribution in [0.25, 0.3) is 21.8 Å². The number of aliphatic hydroxyl groups excluding tert-OH is 1. The second kappa shape index (κ2) is 13.7. The third-order valence-electron chi connectivity index (χ3n) is 15.1. The Morgan fingerprint density at radius 3 is 2.50 bits per heavy atom. The average Bonchev–Trinajstić information content (AvgIpc) is 3.76. The molecule has 3 N–H and O–H groups in total. The van der Waals surface area contributed by atoms with Gasteiger partial charge in [-0.15, -0.1) is 0 Å². The van der Waals surface area contributed by atoms with Crippen LogP contribution < -0.4 is 9.47 Å². The van der Waals surface area contributed by atoms with E-state index in [1.165, 1.54) is 19.8 Å². The first-order valence-corrected chi connectivity index (χ1v) is 20.4. The quantitative estimate of drug-likeness (QED) is 0.157. The van der Waals surface area contributed by atoms with Crippen molar-refractivity contribution in [3.05, 3.63) is 70.1 Å². The maximum atomic E-state index is 14.5. The Balaban J connectivity index is 1.35. The van der Waals surface area contributed by atoms with Gasteiger partial charge in [0.25, 0.3) is 0 Å². The third kappa shape index (κ3) is 4.92. The molecular formula is C45H56N4O7. The van der Waals surface area contributed by atoms with Crippen molar-refractivity contribution in [2.75, 3.05) is 61.7 Å². The van der Waals surface area contributed by atoms with Crippen LogP contribution in [0.1, 0.15) is 73.5 Å². The molecule has 4 fully saturated rings. The van der Waals surface area contributed by atoms with Crippen LogP contribution in [-0.2, 0) is 37.3 Å². The van der Waals surface area contributed by atoms with Crippen LogP contribution in [0.5, 0.6) is 11.5 Å². The fourth-order valence-corrected chi connectivity index (χ4v) is 12.8. The van der Waals surface area contributed by atoms with Gasteiger partial charge in [-0.1, -0.05) is 25.0 Å². The van der Waals surface area contributed by atoms with Crippen LogP contribution in [0.2, 0.25) is 0 Å². The van der Waals surface area contributed by atoms with Crippen molar-refractivity contribution >= 4 is 33.7 Å². The zero-order valence-corrected chi connectivity index (χ0v) is 33.8. The van der Waals surface area contributed by atoms with Gasteiger partial charge in [0.1, 0.15) is 22.3 Å². The SMILES string of the molecule is C/C=C1/CN(C)[C@H]2Cc3c([nH]c4ccc(OC)cc34)C(c3c(OC)ccc4c5c([nH]c34)[C@@]3(C(=O)OC)C[C@@H]4C[C@H](CC)C3N(CC5)C4)C[C@H]1C2(CO)C(=O)OC. The van der Waals surface area contributed by atoms with E-state index in [2.05, 4.69) is 57.0 Å². The van der Waals surface area contributed by atoms with Gasteiger partial charge in [-0.3, -0.25) is 19.4 Å². The largest absolute Gasteiger partial charge is 0.497 e. The lowest BCUT2D eigenvalue weighted by molar-refractivity contribution is -0.169. The molecule has 4 unspecified atom stereocenters. The molecule has 0 radical (unpaired) electrons. The summed E-state index contributed by atoms with van der Waals surface area (Å²) in [6.45, 7) is 6.49. The van der Waals surface area contributed by atoms with Gasteiger partial charge in [0.15, 0.2) is 0 Å². The number of benzene rings is 2. The third-order valence-corrected chi connectivity index (χ3v) is 15.1. The van der Waals surface area contributed by atoms with Crippen LogP contribution in [0, 0.1) is 23.2 Å². The number of carbonyl (C=O) groups is 2. The van der Waals surface area contributed by atoms with E-state index in [1.807, 2.05) is 20.0 Å². The maximum Gasteiger partial charge on any atom is 0.319 e. The van der Waals surface area contributed by atoms with E-state index in [9.17, 15) is 14.7 Å². The Morgan fingerprint density at radius 1 is 1.00 bits per heavy atom. The molecule has 0 spiro atoms. The number of H-pyrrole nitrogens is 2. The number of likely N-dealkylation sites (N-methyl/N-ethyl adjacent to an activating group) is 1. The number of ether oxygens (including phenoxy) is 4. The molecule has 9 atom stereocenters. The molecule has 2 aliphatic carbocycles. The molecule has 4 aliphatic heterocycles. The fraction of sp³-hybridized carbons (Fsp3) is 0.556. The first-order chi connectivity index (χ1) is 27.1. The van der Waals surface area contributed by atoms with Crippen LogP contribution in [-0.4, -0.2) is 111 Å². The number of nitrogens with zero attached hydrogens (tertiary/aromatic N) is 2. The van der Waals surface area contributed by atoms with Gasteiger partial charge in [-0.25, -0.2) is 0 Å². The van der Waals surface area contributed by atoms with Crippen LogP contribution >= 0.6 is 0 Å². The molecule has 6 heterocycles. The number of hydrogen-bond acceptors (Lipinski definition) is 9. The average molecular weight is 765 g/mol. The summed E-state index contributed by atoms with van der Waals surface area (Å²) in [5.74, 6) is 1.07. The number of hydrogen-bond donors (Lipinski definition) is 3. The first-order valence-electron chi connectivity index (χ1n) is 20.4. The second-order valence-corrected chi connectivity index (χ2v) is 17.2. The van der Waals surface area contributed by atoms with Crippen molar-refractivity contribution < 1.29 is 33.6 Å². The standard InChI is InChI=1S/C45H56N4O7/c1-8-25-16-24-20-44(42(51)55-6)40-29(14-15-49(21-24)41(25)44)28-11-13-35(54-5)37(39(28)47-40)32-18-33-26(9-2)22-48(3)36(45(33,23-50)43(52)56-7)19-31-30-17-27(53-4)10-12-34(30)46-38(31)32/h9-13,17,24-25,32-33,36,41,46-47,50H,8,14-16,18-23H2,1-7H3/b26-9-/t24-,25-,32?,33+,36-,41?,44-,45?/m0/s1. The Kier molecular flexibility index (Phi) is 9.09. The molecule has 56 heavy (non-hydrogen) atoms. The van der Waals surface area contributed by atoms with Gasteiger partial charge < -0.3 is 34.0 Å². The summed E-state index contributed by atoms with van der Waals surface area (Å²) < 4.78 is 23.5. The summed E-state index contributed by atoms with van der Waals surface area (Å²) in [6, 6.07) is 10.1. The predicted molar refractivity (Wildman–Crippen MR) is 214 cm³/mol. The van der Waals surface area contributed by atoms with Crippen LogP contribution in [0.4, 0.5) is 0 Å². The van der Waals surface area contributed by atoms with E-state index in [4.69, 9.17) is 18.9 Å². The normalized spacial score (nSPS) is 33.0. The second-order valence-electron chi connectivity index (χ2n) is 17.2. The Labute approximate surface area is 328 Å². The number of nitrogens with one attached hydrogen (secondary N) is 2. The molecule has 2 aromatic heterocycles. The predicted octanol–water partition coefficient (Wildman–Crippen LogP) is 5.86. The summed E-state index contributed by atoms with van der Waals surface area (Å²) in [7, 11) is 8.40. The monoisotopic (exact) mass is 764 g/mol. The highest BCUT2D eigenvalue weighted by atomic mass is 16.5. The van der Waals surface area contributed by atoms with E-state index in [-0.39, 0.29) is 36.5 Å². The number of piperidine rings is 3. The van der Waals surface area contributed by atoms with Crippen molar-refractivity contribution in [1.29, 1.82) is 0 Å². The number of carbonyl (C=O) groups excluding carboxylic acids is 2. The number of likely N-dealkylation sites (tertiary alicyclic amines) is 1. The van der Waals surface area contributed by atoms with Gasteiger partial charge in [-0.05, 0) is 99.4 Å². The van der Waals surface area contributed by atoms with E-state index in [1.54, 1.807) is 14.2 Å². The molecule has 6 aliphatic rings. The molecule has 6 bridgehead atoms. The van der Waals surface area contributed by atoms with Crippen molar-refractivity contribution in [3.8, 4) is 11.5 Å². The molecule has 298 valence electrons. The van der Waals surface area contributed by atoms with Crippen LogP contribution in [0.3, 0.4) is 0 Å². The minimum atomic E-state index is -1.23. The van der Waals surface area contributed by atoms with Crippen molar-refractivity contribution in [2.24, 2.45) is 23.2 Å². The van der Waals surface area contributed by atoms with Gasteiger partial charge >= 0.3 is 11.9 Å². The highest BCUT2D eigenvalue weighted by Crippen LogP contribution is 2.58. The first kappa shape index (κ1) is 37.3. The van der Waals surface area contributed by atoms with Gasteiger partial charge in [-0.2, -0.15) is 0 Å². The lowest BCUT2D eigenvalue weighted by Gasteiger charge is -2.57. The molecule has 10 rings (SSSR count). The van der Waals surface area contributed by atoms with E-state index in [0.717, 1.165) is 100 Å². The summed E-state index contributed by atoms with van der Waals surface area (Å²) in [6.07, 6.45) is 6.85. The molecule has 2 aromatic carbocycles. The highest BCUT2D eigenvalue weighted by molar-refractivity contribution is 5.95. The minimum absolute atomic E-state index is 0.0555. The number of allylic oxidation sites excluding steroid dienone is 1. The Hall–Kier alpha value is -4.32. The van der Waals surface area contributed by atoms with E-state index in [0.29, 0.717) is 31.2 Å². The fourth-order valence-electron chi connectivity index (χ4n) is 12.8. The highest BCUT2D eigenvalue weighted by Gasteiger charge is 2.63. The summed E-state index contributed by atoms with van der Waals surface area (Å²) >= 11 is 0. The number of aliphatic hydroxyl groups is 1. The number of aromatic amines is 2. The Bertz CT molecular complexity index is 2260. The van der Waals surface area contributed by atoms with Crippen molar-refractivity contribution in [2.45, 2.75) is 75.8 Å². The van der Waals surface area contributed by atoms with Gasteiger partial charge in [0.05, 0.1) is 40.6 Å². The smallest absolute Gasteiger partial charge is 0.319 e. The van der Waals surface area contributed by atoms with Crippen molar-refractivity contribution in [1.82, 2.24) is 19.8 Å². The zero-order valence-electron chi connectivity index (χ0n) is 33.8. The lowest BCUT2D eigenvalue weighted by Crippen LogP contribution is -2.67. The Morgan fingerprint density at radius 2 is 1.80 bits per heavy atom. The number of aromatic nitrogens is 2. The molecule has 11 nitrogen and oxygen atoms in total. The van der Waals surface area contributed by atoms with Crippen LogP contribution in [0.15, 0.2) is 42.0 Å².